The highest BCUT2D eigenvalue weighted by atomic mass is 16.7. The maximum atomic E-state index is 13.1. The Bertz CT molecular complexity index is 543. The molecule has 0 bridgehead atoms. The minimum atomic E-state index is -0.376. The van der Waals surface area contributed by atoms with Crippen molar-refractivity contribution in [2.45, 2.75) is 57.4 Å². The molecule has 0 aromatic heterocycles. The van der Waals surface area contributed by atoms with Gasteiger partial charge in [0.25, 0.3) is 0 Å². The van der Waals surface area contributed by atoms with Gasteiger partial charge in [-0.2, -0.15) is 0 Å². The monoisotopic (exact) mass is 346 g/mol. The number of hydrogen-bond donors (Lipinski definition) is 1. The van der Waals surface area contributed by atoms with Crippen LogP contribution in [0.25, 0.3) is 0 Å². The van der Waals surface area contributed by atoms with Crippen LogP contribution in [0, 0.1) is 0 Å². The van der Waals surface area contributed by atoms with Gasteiger partial charge in [-0.1, -0.05) is 44.2 Å². The van der Waals surface area contributed by atoms with E-state index in [4.69, 9.17) is 9.47 Å². The summed E-state index contributed by atoms with van der Waals surface area (Å²) >= 11 is 0. The van der Waals surface area contributed by atoms with Crippen molar-refractivity contribution in [1.29, 1.82) is 0 Å². The third-order valence-electron chi connectivity index (χ3n) is 5.45. The quantitative estimate of drug-likeness (QED) is 0.860. The molecular formula is C20H30N2O3. The fourth-order valence-corrected chi connectivity index (χ4v) is 4.02. The number of nitrogens with one attached hydrogen (secondary N) is 1. The largest absolute Gasteiger partial charge is 0.352 e. The summed E-state index contributed by atoms with van der Waals surface area (Å²) in [7, 11) is 0. The fraction of sp³-hybridized carbons (Fsp3) is 0.650. The second kappa shape index (κ2) is 8.30. The number of amides is 1. The summed E-state index contributed by atoms with van der Waals surface area (Å²) in [6, 6.07) is 10.0. The summed E-state index contributed by atoms with van der Waals surface area (Å²) in [5.74, 6) is -0.275. The second-order valence-corrected chi connectivity index (χ2v) is 6.92. The summed E-state index contributed by atoms with van der Waals surface area (Å²) < 4.78 is 11.6. The van der Waals surface area contributed by atoms with Gasteiger partial charge in [-0.15, -0.1) is 0 Å². The van der Waals surface area contributed by atoms with E-state index >= 15 is 0 Å². The number of benzene rings is 1. The van der Waals surface area contributed by atoms with Crippen molar-refractivity contribution in [3.05, 3.63) is 35.9 Å². The van der Waals surface area contributed by atoms with Crippen LogP contribution >= 0.6 is 0 Å². The van der Waals surface area contributed by atoms with E-state index in [1.165, 1.54) is 0 Å². The van der Waals surface area contributed by atoms with Crippen molar-refractivity contribution in [2.75, 3.05) is 26.3 Å². The highest BCUT2D eigenvalue weighted by Gasteiger charge is 2.41. The van der Waals surface area contributed by atoms with Gasteiger partial charge < -0.3 is 14.8 Å². The molecule has 1 aromatic carbocycles. The molecular weight excluding hydrogens is 316 g/mol. The molecule has 5 nitrogen and oxygen atoms in total. The third kappa shape index (κ3) is 4.22. The van der Waals surface area contributed by atoms with Crippen LogP contribution in [0.5, 0.6) is 0 Å². The Balaban J connectivity index is 1.64. The molecule has 1 spiro atoms. The van der Waals surface area contributed by atoms with Crippen LogP contribution in [-0.4, -0.2) is 48.9 Å². The average molecular weight is 346 g/mol. The van der Waals surface area contributed by atoms with Gasteiger partial charge in [0.05, 0.1) is 13.2 Å². The predicted octanol–water partition coefficient (Wildman–Crippen LogP) is 2.87. The normalized spacial score (nSPS) is 21.6. The number of rotatable bonds is 6. The maximum Gasteiger partial charge on any atom is 0.242 e. The smallest absolute Gasteiger partial charge is 0.242 e. The molecule has 1 atom stereocenters. The summed E-state index contributed by atoms with van der Waals surface area (Å²) in [6.45, 7) is 7.28. The lowest BCUT2D eigenvalue weighted by atomic mass is 9.89. The maximum absolute atomic E-state index is 13.1. The molecule has 138 valence electrons. The standard InChI is InChI=1S/C20H30N2O3/c1-3-22(4-2)18(16-8-6-5-7-9-16)19(23)21-17-10-12-20(13-11-17)24-14-15-25-20/h5-9,17-18H,3-4,10-15H2,1-2H3,(H,21,23)/t18-/m0/s1. The number of carbonyl (C=O) groups excluding carboxylic acids is 1. The van der Waals surface area contributed by atoms with Gasteiger partial charge in [0.2, 0.25) is 5.91 Å². The molecule has 2 aliphatic rings. The van der Waals surface area contributed by atoms with Crippen LogP contribution in [0.15, 0.2) is 30.3 Å². The van der Waals surface area contributed by atoms with E-state index in [0.717, 1.165) is 44.3 Å². The average Bonchev–Trinajstić information content (AvgIpc) is 3.10. The molecule has 1 aromatic rings. The van der Waals surface area contributed by atoms with E-state index < -0.39 is 0 Å². The fourth-order valence-electron chi connectivity index (χ4n) is 4.02. The molecule has 5 heteroatoms. The molecule has 0 unspecified atom stereocenters. The molecule has 3 rings (SSSR count). The Kier molecular flexibility index (Phi) is 6.10. The molecule has 1 heterocycles. The molecule has 2 fully saturated rings. The Morgan fingerprint density at radius 2 is 1.76 bits per heavy atom. The zero-order valence-electron chi connectivity index (χ0n) is 15.4. The molecule has 1 amide bonds. The molecule has 1 saturated heterocycles. The molecule has 0 radical (unpaired) electrons. The van der Waals surface area contributed by atoms with E-state index in [9.17, 15) is 4.79 Å². The minimum Gasteiger partial charge on any atom is -0.352 e. The van der Waals surface area contributed by atoms with Gasteiger partial charge in [0, 0.05) is 18.9 Å². The molecule has 1 saturated carbocycles. The molecule has 1 aliphatic heterocycles. The lowest BCUT2D eigenvalue weighted by Crippen LogP contribution is -2.48. The van der Waals surface area contributed by atoms with Gasteiger partial charge in [-0.3, -0.25) is 9.69 Å². The number of hydrogen-bond acceptors (Lipinski definition) is 4. The summed E-state index contributed by atoms with van der Waals surface area (Å²) in [5.41, 5.74) is 1.05. The van der Waals surface area contributed by atoms with E-state index in [1.807, 2.05) is 30.3 Å². The number of nitrogens with zero attached hydrogens (tertiary/aromatic N) is 1. The lowest BCUT2D eigenvalue weighted by Gasteiger charge is -2.37. The first-order chi connectivity index (χ1) is 12.2. The number of ether oxygens (including phenoxy) is 2. The molecule has 25 heavy (non-hydrogen) atoms. The molecule has 1 N–H and O–H groups in total. The van der Waals surface area contributed by atoms with Gasteiger partial charge in [-0.25, -0.2) is 0 Å². The Morgan fingerprint density at radius 3 is 2.32 bits per heavy atom. The van der Waals surface area contributed by atoms with E-state index in [0.29, 0.717) is 13.2 Å². The lowest BCUT2D eigenvalue weighted by molar-refractivity contribution is -0.180. The van der Waals surface area contributed by atoms with Crippen molar-refractivity contribution in [1.82, 2.24) is 10.2 Å². The van der Waals surface area contributed by atoms with Crippen LogP contribution in [0.2, 0.25) is 0 Å². The Morgan fingerprint density at radius 1 is 1.16 bits per heavy atom. The van der Waals surface area contributed by atoms with Gasteiger partial charge in [-0.05, 0) is 31.5 Å². The van der Waals surface area contributed by atoms with Gasteiger partial charge in [0.1, 0.15) is 6.04 Å². The Hall–Kier alpha value is -1.43. The van der Waals surface area contributed by atoms with Crippen LogP contribution in [0.1, 0.15) is 51.1 Å². The number of carbonyl (C=O) groups is 1. The summed E-state index contributed by atoms with van der Waals surface area (Å²) in [6.07, 6.45) is 3.54. The first kappa shape index (κ1) is 18.4. The van der Waals surface area contributed by atoms with Crippen molar-refractivity contribution in [3.8, 4) is 0 Å². The highest BCUT2D eigenvalue weighted by molar-refractivity contribution is 5.83. The van der Waals surface area contributed by atoms with E-state index in [2.05, 4.69) is 24.1 Å². The van der Waals surface area contributed by atoms with Crippen LogP contribution in [0.3, 0.4) is 0 Å². The highest BCUT2D eigenvalue weighted by Crippen LogP contribution is 2.36. The minimum absolute atomic E-state index is 0.101. The topological polar surface area (TPSA) is 50.8 Å². The zero-order chi connectivity index (χ0) is 17.7. The zero-order valence-corrected chi connectivity index (χ0v) is 15.4. The second-order valence-electron chi connectivity index (χ2n) is 6.92. The van der Waals surface area contributed by atoms with Crippen molar-refractivity contribution in [2.24, 2.45) is 0 Å². The SMILES string of the molecule is CCN(CC)[C@H](C(=O)NC1CCC2(CC1)OCCO2)c1ccccc1. The van der Waals surface area contributed by atoms with Crippen LogP contribution < -0.4 is 5.32 Å². The number of likely N-dealkylation sites (N-methyl/N-ethyl adjacent to an activating group) is 1. The van der Waals surface area contributed by atoms with Gasteiger partial charge >= 0.3 is 0 Å². The van der Waals surface area contributed by atoms with Crippen molar-refractivity contribution < 1.29 is 14.3 Å². The van der Waals surface area contributed by atoms with E-state index in [1.54, 1.807) is 0 Å². The van der Waals surface area contributed by atoms with Crippen LogP contribution in [-0.2, 0) is 14.3 Å². The van der Waals surface area contributed by atoms with Gasteiger partial charge in [0.15, 0.2) is 5.79 Å². The van der Waals surface area contributed by atoms with E-state index in [-0.39, 0.29) is 23.8 Å². The van der Waals surface area contributed by atoms with Crippen molar-refractivity contribution in [3.63, 3.8) is 0 Å². The third-order valence-corrected chi connectivity index (χ3v) is 5.45. The summed E-state index contributed by atoms with van der Waals surface area (Å²) in [4.78, 5) is 15.3. The first-order valence-electron chi connectivity index (χ1n) is 9.54. The molecule has 1 aliphatic carbocycles. The predicted molar refractivity (Wildman–Crippen MR) is 97.1 cm³/mol. The van der Waals surface area contributed by atoms with Crippen molar-refractivity contribution >= 4 is 5.91 Å². The first-order valence-corrected chi connectivity index (χ1v) is 9.54. The summed E-state index contributed by atoms with van der Waals surface area (Å²) in [5, 5.41) is 3.28. The van der Waals surface area contributed by atoms with Crippen LogP contribution in [0.4, 0.5) is 0 Å². The Labute approximate surface area is 150 Å².